The van der Waals surface area contributed by atoms with Crippen LogP contribution in [0, 0.1) is 5.92 Å². The van der Waals surface area contributed by atoms with Crippen molar-refractivity contribution < 1.29 is 22.4 Å². The molecule has 0 saturated carbocycles. The number of hydrogen-bond donors (Lipinski definition) is 1. The Bertz CT molecular complexity index is 936. The summed E-state index contributed by atoms with van der Waals surface area (Å²) in [6.45, 7) is 3.59. The van der Waals surface area contributed by atoms with Crippen LogP contribution in [0.5, 0.6) is 5.75 Å². The minimum Gasteiger partial charge on any atom is -0.496 e. The van der Waals surface area contributed by atoms with Crippen molar-refractivity contribution >= 4 is 27.7 Å². The summed E-state index contributed by atoms with van der Waals surface area (Å²) in [6, 6.07) is 8.21. The smallest absolute Gasteiger partial charge is 0.255 e. The number of methoxy groups -OCH3 is 1. The number of amides is 1. The predicted molar refractivity (Wildman–Crippen MR) is 117 cm³/mol. The van der Waals surface area contributed by atoms with E-state index in [4.69, 9.17) is 9.15 Å². The van der Waals surface area contributed by atoms with Crippen LogP contribution in [0.4, 0.5) is 0 Å². The maximum absolute atomic E-state index is 13.0. The Balaban J connectivity index is 1.64. The minimum absolute atomic E-state index is 0.121. The van der Waals surface area contributed by atoms with Crippen LogP contribution in [0.25, 0.3) is 0 Å². The number of thioether (sulfide) groups is 1. The first-order valence-corrected chi connectivity index (χ1v) is 12.6. The van der Waals surface area contributed by atoms with Gasteiger partial charge in [0.25, 0.3) is 5.91 Å². The van der Waals surface area contributed by atoms with Crippen molar-refractivity contribution in [2.24, 2.45) is 5.92 Å². The molecule has 164 valence electrons. The molecule has 2 aromatic rings. The van der Waals surface area contributed by atoms with Gasteiger partial charge in [-0.3, -0.25) is 4.79 Å². The zero-order chi connectivity index (χ0) is 21.6. The Labute approximate surface area is 182 Å². The van der Waals surface area contributed by atoms with E-state index in [0.29, 0.717) is 37.1 Å². The molecule has 1 aliphatic heterocycles. The van der Waals surface area contributed by atoms with E-state index in [9.17, 15) is 13.2 Å². The van der Waals surface area contributed by atoms with Crippen LogP contribution in [0.1, 0.15) is 35.9 Å². The van der Waals surface area contributed by atoms with E-state index in [1.165, 1.54) is 23.5 Å². The lowest BCUT2D eigenvalue weighted by Gasteiger charge is -2.29. The molecule has 7 nitrogen and oxygen atoms in total. The molecule has 3 rings (SSSR count). The molecule has 0 bridgehead atoms. The summed E-state index contributed by atoms with van der Waals surface area (Å²) in [5.74, 6) is 2.85. The van der Waals surface area contributed by atoms with Gasteiger partial charge in [-0.05, 0) is 49.1 Å². The number of furan rings is 1. The Morgan fingerprint density at radius 2 is 2.07 bits per heavy atom. The molecule has 1 aliphatic rings. The average molecular weight is 453 g/mol. The Morgan fingerprint density at radius 3 is 2.73 bits per heavy atom. The van der Waals surface area contributed by atoms with Crippen molar-refractivity contribution in [3.05, 3.63) is 47.9 Å². The number of sulfonamides is 1. The number of benzene rings is 1. The average Bonchev–Trinajstić information content (AvgIpc) is 3.26. The number of nitrogens with zero attached hydrogens (tertiary/aromatic N) is 1. The number of ether oxygens (including phenoxy) is 1. The molecule has 1 saturated heterocycles. The molecule has 0 aliphatic carbocycles. The Hall–Kier alpha value is -1.97. The van der Waals surface area contributed by atoms with E-state index in [2.05, 4.69) is 12.2 Å². The molecule has 1 aromatic heterocycles. The fraction of sp³-hybridized carbons (Fsp3) is 0.476. The predicted octanol–water partition coefficient (Wildman–Crippen LogP) is 3.37. The lowest BCUT2D eigenvalue weighted by Crippen LogP contribution is -2.38. The van der Waals surface area contributed by atoms with Crippen molar-refractivity contribution in [2.75, 3.05) is 32.5 Å². The van der Waals surface area contributed by atoms with Gasteiger partial charge < -0.3 is 14.5 Å². The van der Waals surface area contributed by atoms with Gasteiger partial charge in [-0.1, -0.05) is 6.92 Å². The Morgan fingerprint density at radius 1 is 1.30 bits per heavy atom. The third-order valence-electron chi connectivity index (χ3n) is 5.15. The molecule has 0 atom stereocenters. The fourth-order valence-corrected chi connectivity index (χ4v) is 5.55. The molecule has 9 heteroatoms. The topological polar surface area (TPSA) is 88.9 Å². The van der Waals surface area contributed by atoms with Crippen LogP contribution in [0.2, 0.25) is 0 Å². The second kappa shape index (κ2) is 10.4. The zero-order valence-electron chi connectivity index (χ0n) is 17.3. The standard InChI is InChI=1S/C21H28N2O5S2/c1-16-7-10-23(11-8-16)30(25,26)18-5-6-20(27-2)19(14-18)21(24)22-9-13-29-15-17-4-3-12-28-17/h3-6,12,14,16H,7-11,13,15H2,1-2H3,(H,22,24). The quantitative estimate of drug-likeness (QED) is 0.587. The van der Waals surface area contributed by atoms with Gasteiger partial charge in [0.15, 0.2) is 0 Å². The van der Waals surface area contributed by atoms with Crippen molar-refractivity contribution in [1.82, 2.24) is 9.62 Å². The molecule has 0 spiro atoms. The van der Waals surface area contributed by atoms with Gasteiger partial charge in [0.2, 0.25) is 10.0 Å². The normalized spacial score (nSPS) is 15.8. The van der Waals surface area contributed by atoms with E-state index in [1.54, 1.807) is 24.1 Å². The first-order valence-electron chi connectivity index (χ1n) is 9.98. The molecule has 1 N–H and O–H groups in total. The molecule has 1 amide bonds. The van der Waals surface area contributed by atoms with E-state index in [0.717, 1.165) is 24.4 Å². The highest BCUT2D eigenvalue weighted by atomic mass is 32.2. The molecule has 30 heavy (non-hydrogen) atoms. The van der Waals surface area contributed by atoms with Gasteiger partial charge in [-0.15, -0.1) is 0 Å². The van der Waals surface area contributed by atoms with Gasteiger partial charge in [0, 0.05) is 25.4 Å². The van der Waals surface area contributed by atoms with E-state index < -0.39 is 10.0 Å². The van der Waals surface area contributed by atoms with Gasteiger partial charge in [0.1, 0.15) is 11.5 Å². The number of carbonyl (C=O) groups excluding carboxylic acids is 1. The third-order valence-corrected chi connectivity index (χ3v) is 8.03. The van der Waals surface area contributed by atoms with Crippen molar-refractivity contribution in [1.29, 1.82) is 0 Å². The number of nitrogens with one attached hydrogen (secondary N) is 1. The van der Waals surface area contributed by atoms with Crippen molar-refractivity contribution in [3.8, 4) is 5.75 Å². The molecule has 0 unspecified atom stereocenters. The second-order valence-electron chi connectivity index (χ2n) is 7.34. The van der Waals surface area contributed by atoms with Gasteiger partial charge >= 0.3 is 0 Å². The van der Waals surface area contributed by atoms with E-state index in [1.807, 2.05) is 12.1 Å². The van der Waals surface area contributed by atoms with Gasteiger partial charge in [-0.25, -0.2) is 8.42 Å². The van der Waals surface area contributed by atoms with Crippen LogP contribution in [0.3, 0.4) is 0 Å². The maximum atomic E-state index is 13.0. The number of carbonyl (C=O) groups is 1. The highest BCUT2D eigenvalue weighted by molar-refractivity contribution is 7.98. The Kier molecular flexibility index (Phi) is 7.85. The molecule has 0 radical (unpaired) electrons. The van der Waals surface area contributed by atoms with E-state index >= 15 is 0 Å². The molecule has 1 aromatic carbocycles. The molecular weight excluding hydrogens is 424 g/mol. The summed E-state index contributed by atoms with van der Waals surface area (Å²) >= 11 is 1.64. The van der Waals surface area contributed by atoms with Crippen LogP contribution < -0.4 is 10.1 Å². The summed E-state index contributed by atoms with van der Waals surface area (Å²) in [7, 11) is -2.17. The monoisotopic (exact) mass is 452 g/mol. The van der Waals surface area contributed by atoms with Crippen LogP contribution >= 0.6 is 11.8 Å². The van der Waals surface area contributed by atoms with E-state index in [-0.39, 0.29) is 16.4 Å². The van der Waals surface area contributed by atoms with Gasteiger partial charge in [0.05, 0.1) is 29.6 Å². The maximum Gasteiger partial charge on any atom is 0.255 e. The fourth-order valence-electron chi connectivity index (χ4n) is 3.30. The summed E-state index contributed by atoms with van der Waals surface area (Å²) in [6.07, 6.45) is 3.33. The zero-order valence-corrected chi connectivity index (χ0v) is 18.9. The van der Waals surface area contributed by atoms with Crippen molar-refractivity contribution in [3.63, 3.8) is 0 Å². The number of hydrogen-bond acceptors (Lipinski definition) is 6. The van der Waals surface area contributed by atoms with Crippen LogP contribution in [0.15, 0.2) is 45.9 Å². The largest absolute Gasteiger partial charge is 0.496 e. The molecular formula is C21H28N2O5S2. The molecule has 1 fully saturated rings. The van der Waals surface area contributed by atoms with Gasteiger partial charge in [-0.2, -0.15) is 16.1 Å². The highest BCUT2D eigenvalue weighted by Gasteiger charge is 2.29. The highest BCUT2D eigenvalue weighted by Crippen LogP contribution is 2.27. The summed E-state index contributed by atoms with van der Waals surface area (Å²) in [4.78, 5) is 12.8. The number of piperidine rings is 1. The first-order chi connectivity index (χ1) is 14.4. The summed E-state index contributed by atoms with van der Waals surface area (Å²) in [5.41, 5.74) is 0.222. The molecule has 2 heterocycles. The SMILES string of the molecule is COc1ccc(S(=O)(=O)N2CCC(C)CC2)cc1C(=O)NCCSCc1ccco1. The minimum atomic E-state index is -3.64. The lowest BCUT2D eigenvalue weighted by atomic mass is 10.0. The second-order valence-corrected chi connectivity index (χ2v) is 10.4. The van der Waals surface area contributed by atoms with Crippen LogP contribution in [-0.4, -0.2) is 51.1 Å². The summed E-state index contributed by atoms with van der Waals surface area (Å²) < 4.78 is 38.1. The van der Waals surface area contributed by atoms with Crippen molar-refractivity contribution in [2.45, 2.75) is 30.4 Å². The third kappa shape index (κ3) is 5.59. The summed E-state index contributed by atoms with van der Waals surface area (Å²) in [5, 5.41) is 2.84. The lowest BCUT2D eigenvalue weighted by molar-refractivity contribution is 0.0953. The first kappa shape index (κ1) is 22.7. The number of rotatable bonds is 9. The van der Waals surface area contributed by atoms with Crippen LogP contribution in [-0.2, 0) is 15.8 Å².